The van der Waals surface area contributed by atoms with Crippen molar-refractivity contribution in [1.82, 2.24) is 9.88 Å². The highest BCUT2D eigenvalue weighted by Gasteiger charge is 2.22. The number of likely N-dealkylation sites (N-methyl/N-ethyl adjacent to an activating group) is 1. The summed E-state index contributed by atoms with van der Waals surface area (Å²) in [5.74, 6) is 0. The van der Waals surface area contributed by atoms with E-state index in [1.54, 1.807) is 22.7 Å². The quantitative estimate of drug-likeness (QED) is 0.916. The monoisotopic (exact) mass is 281 g/mol. The summed E-state index contributed by atoms with van der Waals surface area (Å²) in [6.45, 7) is 5.03. The molecule has 2 N–H and O–H groups in total. The maximum Gasteiger partial charge on any atom is 0.0798 e. The number of hydrogen-bond donors (Lipinski definition) is 1. The summed E-state index contributed by atoms with van der Waals surface area (Å²) in [5.41, 5.74) is 9.18. The lowest BCUT2D eigenvalue weighted by molar-refractivity contribution is 0.215. The molecule has 3 nitrogen and oxygen atoms in total. The summed E-state index contributed by atoms with van der Waals surface area (Å²) >= 11 is 3.48. The van der Waals surface area contributed by atoms with Gasteiger partial charge < -0.3 is 5.73 Å². The van der Waals surface area contributed by atoms with Crippen LogP contribution in [0.2, 0.25) is 0 Å². The van der Waals surface area contributed by atoms with Crippen LogP contribution in [0.4, 0.5) is 0 Å². The molecule has 0 saturated carbocycles. The standard InChI is InChI=1S/C13H19N3S2/c1-9(14)13(11-5-4-6-17-11)16(3)7-12-10(2)15-8-18-12/h4-6,8-9,13H,7,14H2,1-3H3. The second-order valence-corrected chi connectivity index (χ2v) is 6.51. The molecule has 0 aliphatic carbocycles. The molecule has 2 atom stereocenters. The molecule has 5 heteroatoms. The van der Waals surface area contributed by atoms with Crippen molar-refractivity contribution in [2.45, 2.75) is 32.5 Å². The fraction of sp³-hybridized carbons (Fsp3) is 0.462. The topological polar surface area (TPSA) is 42.2 Å². The van der Waals surface area contributed by atoms with E-state index >= 15 is 0 Å². The Morgan fingerprint density at radius 1 is 1.44 bits per heavy atom. The van der Waals surface area contributed by atoms with Gasteiger partial charge in [-0.1, -0.05) is 6.07 Å². The zero-order chi connectivity index (χ0) is 13.1. The van der Waals surface area contributed by atoms with Gasteiger partial charge in [0.05, 0.1) is 17.2 Å². The largest absolute Gasteiger partial charge is 0.326 e. The highest BCUT2D eigenvalue weighted by Crippen LogP contribution is 2.28. The van der Waals surface area contributed by atoms with Crippen molar-refractivity contribution in [3.63, 3.8) is 0 Å². The molecule has 0 aromatic carbocycles. The molecular weight excluding hydrogens is 262 g/mol. The Morgan fingerprint density at radius 2 is 2.22 bits per heavy atom. The molecule has 0 spiro atoms. The number of aryl methyl sites for hydroxylation is 1. The van der Waals surface area contributed by atoms with Crippen LogP contribution in [0.1, 0.15) is 28.4 Å². The van der Waals surface area contributed by atoms with E-state index in [0.717, 1.165) is 12.2 Å². The SMILES string of the molecule is Cc1ncsc1CN(C)C(c1cccs1)C(C)N. The molecular formula is C13H19N3S2. The Labute approximate surface area is 116 Å². The summed E-state index contributed by atoms with van der Waals surface area (Å²) in [4.78, 5) is 9.26. The van der Waals surface area contributed by atoms with Gasteiger partial charge in [-0.15, -0.1) is 22.7 Å². The number of nitrogens with zero attached hydrogens (tertiary/aromatic N) is 2. The van der Waals surface area contributed by atoms with Gasteiger partial charge in [-0.2, -0.15) is 0 Å². The van der Waals surface area contributed by atoms with Crippen LogP contribution in [0, 0.1) is 6.92 Å². The van der Waals surface area contributed by atoms with E-state index in [0.29, 0.717) is 0 Å². The van der Waals surface area contributed by atoms with Crippen molar-refractivity contribution >= 4 is 22.7 Å². The van der Waals surface area contributed by atoms with Crippen LogP contribution in [0.25, 0.3) is 0 Å². The van der Waals surface area contributed by atoms with E-state index in [4.69, 9.17) is 5.73 Å². The molecule has 2 aromatic heterocycles. The molecule has 2 unspecified atom stereocenters. The minimum Gasteiger partial charge on any atom is -0.326 e. The molecule has 0 amide bonds. The number of thiazole rings is 1. The summed E-state index contributed by atoms with van der Waals surface area (Å²) in [7, 11) is 2.13. The minimum atomic E-state index is 0.113. The van der Waals surface area contributed by atoms with Gasteiger partial charge in [0, 0.05) is 22.3 Å². The van der Waals surface area contributed by atoms with Gasteiger partial charge in [0.2, 0.25) is 0 Å². The average Bonchev–Trinajstić information content (AvgIpc) is 2.92. The summed E-state index contributed by atoms with van der Waals surface area (Å²) in [5, 5.41) is 2.11. The van der Waals surface area contributed by atoms with Crippen molar-refractivity contribution in [2.24, 2.45) is 5.73 Å². The van der Waals surface area contributed by atoms with Crippen LogP contribution in [-0.4, -0.2) is 23.0 Å². The van der Waals surface area contributed by atoms with Gasteiger partial charge >= 0.3 is 0 Å². The highest BCUT2D eigenvalue weighted by atomic mass is 32.1. The summed E-state index contributed by atoms with van der Waals surface area (Å²) in [6, 6.07) is 4.63. The zero-order valence-corrected chi connectivity index (χ0v) is 12.6. The average molecular weight is 281 g/mol. The van der Waals surface area contributed by atoms with Crippen molar-refractivity contribution < 1.29 is 0 Å². The van der Waals surface area contributed by atoms with E-state index < -0.39 is 0 Å². The van der Waals surface area contributed by atoms with Crippen LogP contribution in [0.5, 0.6) is 0 Å². The van der Waals surface area contributed by atoms with E-state index in [9.17, 15) is 0 Å². The maximum atomic E-state index is 6.15. The van der Waals surface area contributed by atoms with Gasteiger partial charge in [-0.3, -0.25) is 4.90 Å². The van der Waals surface area contributed by atoms with Crippen LogP contribution in [0.3, 0.4) is 0 Å². The number of rotatable bonds is 5. The van der Waals surface area contributed by atoms with Gasteiger partial charge in [-0.25, -0.2) is 4.98 Å². The molecule has 0 fully saturated rings. The molecule has 2 heterocycles. The van der Waals surface area contributed by atoms with Gasteiger partial charge in [0.15, 0.2) is 0 Å². The number of aromatic nitrogens is 1. The second kappa shape index (κ2) is 5.93. The third kappa shape index (κ3) is 2.98. The molecule has 2 rings (SSSR count). The Hall–Kier alpha value is -0.750. The van der Waals surface area contributed by atoms with Gasteiger partial charge in [0.1, 0.15) is 0 Å². The molecule has 2 aromatic rings. The normalized spacial score (nSPS) is 14.9. The molecule has 18 heavy (non-hydrogen) atoms. The molecule has 0 aliphatic rings. The third-order valence-corrected chi connectivity index (χ3v) is 4.91. The van der Waals surface area contributed by atoms with Crippen molar-refractivity contribution in [1.29, 1.82) is 0 Å². The zero-order valence-electron chi connectivity index (χ0n) is 11.0. The van der Waals surface area contributed by atoms with Crippen LogP contribution >= 0.6 is 22.7 Å². The second-order valence-electron chi connectivity index (χ2n) is 4.60. The summed E-state index contributed by atoms with van der Waals surface area (Å²) in [6.07, 6.45) is 0. The van der Waals surface area contributed by atoms with E-state index in [1.165, 1.54) is 9.75 Å². The molecule has 0 radical (unpaired) electrons. The highest BCUT2D eigenvalue weighted by molar-refractivity contribution is 7.10. The smallest absolute Gasteiger partial charge is 0.0798 e. The van der Waals surface area contributed by atoms with E-state index in [1.807, 2.05) is 5.51 Å². The molecule has 0 aliphatic heterocycles. The van der Waals surface area contributed by atoms with Crippen molar-refractivity contribution in [3.05, 3.63) is 38.5 Å². The van der Waals surface area contributed by atoms with Crippen LogP contribution < -0.4 is 5.73 Å². The third-order valence-electron chi connectivity index (χ3n) is 3.05. The predicted molar refractivity (Wildman–Crippen MR) is 79.0 cm³/mol. The Kier molecular flexibility index (Phi) is 4.50. The predicted octanol–water partition coefficient (Wildman–Crippen LogP) is 3.03. The summed E-state index contributed by atoms with van der Waals surface area (Å²) < 4.78 is 0. The number of hydrogen-bond acceptors (Lipinski definition) is 5. The Bertz CT molecular complexity index is 476. The van der Waals surface area contributed by atoms with Crippen molar-refractivity contribution in [3.8, 4) is 0 Å². The first-order chi connectivity index (χ1) is 8.59. The lowest BCUT2D eigenvalue weighted by Crippen LogP contribution is -2.36. The van der Waals surface area contributed by atoms with Crippen molar-refractivity contribution in [2.75, 3.05) is 7.05 Å². The maximum absolute atomic E-state index is 6.15. The fourth-order valence-electron chi connectivity index (χ4n) is 2.14. The molecule has 98 valence electrons. The lowest BCUT2D eigenvalue weighted by Gasteiger charge is -2.30. The van der Waals surface area contributed by atoms with E-state index in [2.05, 4.69) is 48.3 Å². The van der Waals surface area contributed by atoms with Crippen LogP contribution in [-0.2, 0) is 6.54 Å². The van der Waals surface area contributed by atoms with E-state index in [-0.39, 0.29) is 12.1 Å². The van der Waals surface area contributed by atoms with Gasteiger partial charge in [-0.05, 0) is 32.3 Å². The molecule has 0 saturated heterocycles. The fourth-order valence-corrected chi connectivity index (χ4v) is 3.99. The lowest BCUT2D eigenvalue weighted by atomic mass is 10.1. The minimum absolute atomic E-state index is 0.113. The first-order valence-corrected chi connectivity index (χ1v) is 7.73. The molecule has 0 bridgehead atoms. The number of thiophene rings is 1. The van der Waals surface area contributed by atoms with Crippen LogP contribution in [0.15, 0.2) is 23.0 Å². The van der Waals surface area contributed by atoms with Gasteiger partial charge in [0.25, 0.3) is 0 Å². The Morgan fingerprint density at radius 3 is 2.72 bits per heavy atom. The number of nitrogens with two attached hydrogens (primary N) is 1. The first-order valence-electron chi connectivity index (χ1n) is 5.97. The Balaban J connectivity index is 2.14. The first kappa shape index (κ1) is 13.7.